The summed E-state index contributed by atoms with van der Waals surface area (Å²) < 4.78 is 19.4. The normalized spacial score (nSPS) is 10.7. The molecule has 0 atom stereocenters. The highest BCUT2D eigenvalue weighted by Crippen LogP contribution is 2.23. The maximum Gasteiger partial charge on any atom is 0.349 e. The smallest absolute Gasteiger partial charge is 0.349 e. The minimum Gasteiger partial charge on any atom is -0.421 e. The van der Waals surface area contributed by atoms with Gasteiger partial charge >= 0.3 is 5.63 Å². The molecular weight excluding hydrogens is 389 g/mol. The topological polar surface area (TPSA) is 59.3 Å². The first-order chi connectivity index (χ1) is 11.0. The zero-order chi connectivity index (χ0) is 16.6. The molecule has 0 fully saturated rings. The van der Waals surface area contributed by atoms with Crippen molar-refractivity contribution in [2.45, 2.75) is 0 Å². The summed E-state index contributed by atoms with van der Waals surface area (Å²) in [6, 6.07) is 10.4. The Balaban J connectivity index is 2.01. The quantitative estimate of drug-likeness (QED) is 0.644. The molecule has 3 aromatic rings. The summed E-state index contributed by atoms with van der Waals surface area (Å²) in [5.41, 5.74) is -0.919. The molecule has 23 heavy (non-hydrogen) atoms. The predicted octanol–water partition coefficient (Wildman–Crippen LogP) is 4.60. The van der Waals surface area contributed by atoms with Gasteiger partial charge in [-0.1, -0.05) is 39.7 Å². The fraction of sp³-hybridized carbons (Fsp3) is 0. The summed E-state index contributed by atoms with van der Waals surface area (Å²) in [4.78, 5) is 24.2. The first kappa shape index (κ1) is 15.7. The van der Waals surface area contributed by atoms with Gasteiger partial charge in [0.05, 0.1) is 10.7 Å². The van der Waals surface area contributed by atoms with Crippen LogP contribution in [-0.2, 0) is 0 Å². The van der Waals surface area contributed by atoms with Crippen LogP contribution in [0.4, 0.5) is 10.1 Å². The van der Waals surface area contributed by atoms with E-state index >= 15 is 0 Å². The van der Waals surface area contributed by atoms with E-state index in [0.717, 1.165) is 0 Å². The SMILES string of the molecule is O=C(Nc1ccc(Br)cc1F)c1cc2cccc(Cl)c2oc1=O. The van der Waals surface area contributed by atoms with Crippen LogP contribution in [0.25, 0.3) is 11.0 Å². The molecule has 0 aliphatic carbocycles. The predicted molar refractivity (Wildman–Crippen MR) is 89.5 cm³/mol. The van der Waals surface area contributed by atoms with Crippen molar-refractivity contribution in [1.82, 2.24) is 0 Å². The third-order valence-electron chi connectivity index (χ3n) is 3.14. The average Bonchev–Trinajstić information content (AvgIpc) is 2.50. The molecule has 7 heteroatoms. The molecule has 0 aliphatic heterocycles. The Morgan fingerprint density at radius 3 is 2.74 bits per heavy atom. The number of rotatable bonds is 2. The number of nitrogens with one attached hydrogen (secondary N) is 1. The molecule has 1 N–H and O–H groups in total. The molecule has 0 bridgehead atoms. The van der Waals surface area contributed by atoms with Crippen LogP contribution in [-0.4, -0.2) is 5.91 Å². The number of carbonyl (C=O) groups excluding carboxylic acids is 1. The fourth-order valence-corrected chi connectivity index (χ4v) is 2.60. The molecule has 0 saturated heterocycles. The van der Waals surface area contributed by atoms with Gasteiger partial charge in [0.25, 0.3) is 5.91 Å². The van der Waals surface area contributed by atoms with E-state index in [9.17, 15) is 14.0 Å². The Kier molecular flexibility index (Phi) is 4.19. The number of para-hydroxylation sites is 1. The van der Waals surface area contributed by atoms with Crippen LogP contribution in [0.3, 0.4) is 0 Å². The first-order valence-corrected chi connectivity index (χ1v) is 7.61. The number of hydrogen-bond acceptors (Lipinski definition) is 3. The van der Waals surface area contributed by atoms with Crippen molar-refractivity contribution in [2.24, 2.45) is 0 Å². The monoisotopic (exact) mass is 395 g/mol. The average molecular weight is 397 g/mol. The Bertz CT molecular complexity index is 987. The van der Waals surface area contributed by atoms with Gasteiger partial charge in [0, 0.05) is 9.86 Å². The zero-order valence-corrected chi connectivity index (χ0v) is 13.7. The van der Waals surface area contributed by atoms with Crippen molar-refractivity contribution in [3.8, 4) is 0 Å². The van der Waals surface area contributed by atoms with Gasteiger partial charge in [-0.15, -0.1) is 0 Å². The van der Waals surface area contributed by atoms with Crippen LogP contribution in [0.1, 0.15) is 10.4 Å². The summed E-state index contributed by atoms with van der Waals surface area (Å²) in [5, 5.41) is 3.11. The molecular formula is C16H8BrClFNO3. The molecule has 0 aliphatic rings. The molecule has 4 nitrogen and oxygen atoms in total. The van der Waals surface area contributed by atoms with Crippen molar-refractivity contribution >= 4 is 50.1 Å². The largest absolute Gasteiger partial charge is 0.421 e. The molecule has 3 rings (SSSR count). The summed E-state index contributed by atoms with van der Waals surface area (Å²) in [6.07, 6.45) is 0. The van der Waals surface area contributed by atoms with Crippen molar-refractivity contribution in [1.29, 1.82) is 0 Å². The third kappa shape index (κ3) is 3.13. The van der Waals surface area contributed by atoms with Crippen LogP contribution in [0.15, 0.2) is 56.1 Å². The van der Waals surface area contributed by atoms with E-state index in [0.29, 0.717) is 9.86 Å². The molecule has 0 radical (unpaired) electrons. The second kappa shape index (κ2) is 6.14. The highest BCUT2D eigenvalue weighted by molar-refractivity contribution is 9.10. The van der Waals surface area contributed by atoms with E-state index in [4.69, 9.17) is 16.0 Å². The van der Waals surface area contributed by atoms with Crippen molar-refractivity contribution in [3.63, 3.8) is 0 Å². The van der Waals surface area contributed by atoms with Gasteiger partial charge in [-0.2, -0.15) is 0 Å². The first-order valence-electron chi connectivity index (χ1n) is 6.44. The Labute approximate surface area is 143 Å². The van der Waals surface area contributed by atoms with Crippen molar-refractivity contribution < 1.29 is 13.6 Å². The number of fused-ring (bicyclic) bond motifs is 1. The van der Waals surface area contributed by atoms with E-state index in [2.05, 4.69) is 21.2 Å². The number of halogens is 3. The minimum atomic E-state index is -0.847. The molecule has 0 unspecified atom stereocenters. The van der Waals surface area contributed by atoms with E-state index in [1.165, 1.54) is 18.2 Å². The second-order valence-electron chi connectivity index (χ2n) is 4.68. The van der Waals surface area contributed by atoms with Crippen LogP contribution < -0.4 is 10.9 Å². The number of anilines is 1. The fourth-order valence-electron chi connectivity index (χ4n) is 2.05. The lowest BCUT2D eigenvalue weighted by Gasteiger charge is -2.07. The number of carbonyl (C=O) groups is 1. The van der Waals surface area contributed by atoms with Crippen LogP contribution in [0, 0.1) is 5.82 Å². The molecule has 1 aromatic heterocycles. The van der Waals surface area contributed by atoms with Gasteiger partial charge in [0.1, 0.15) is 11.4 Å². The van der Waals surface area contributed by atoms with Gasteiger partial charge in [-0.25, -0.2) is 9.18 Å². The highest BCUT2D eigenvalue weighted by atomic mass is 79.9. The molecule has 0 saturated carbocycles. The standard InChI is InChI=1S/C16H8BrClFNO3/c17-9-4-5-13(12(19)7-9)20-15(21)10-6-8-2-1-3-11(18)14(8)23-16(10)22/h1-7H,(H,20,21). The summed E-state index contributed by atoms with van der Waals surface area (Å²) >= 11 is 9.06. The Morgan fingerprint density at radius 1 is 1.22 bits per heavy atom. The Hall–Kier alpha value is -2.18. The lowest BCUT2D eigenvalue weighted by atomic mass is 10.1. The molecule has 1 amide bonds. The van der Waals surface area contributed by atoms with E-state index in [1.54, 1.807) is 24.3 Å². The summed E-state index contributed by atoms with van der Waals surface area (Å²) in [7, 11) is 0. The molecule has 1 heterocycles. The van der Waals surface area contributed by atoms with Gasteiger partial charge < -0.3 is 9.73 Å². The van der Waals surface area contributed by atoms with Gasteiger partial charge in [0.15, 0.2) is 5.58 Å². The number of hydrogen-bond donors (Lipinski definition) is 1. The van der Waals surface area contributed by atoms with Crippen LogP contribution in [0.2, 0.25) is 5.02 Å². The minimum absolute atomic E-state index is 0.0382. The van der Waals surface area contributed by atoms with Crippen molar-refractivity contribution in [2.75, 3.05) is 5.32 Å². The van der Waals surface area contributed by atoms with Gasteiger partial charge in [0.2, 0.25) is 0 Å². The van der Waals surface area contributed by atoms with Crippen molar-refractivity contribution in [3.05, 3.63) is 73.8 Å². The van der Waals surface area contributed by atoms with E-state index < -0.39 is 17.3 Å². The number of amides is 1. The van der Waals surface area contributed by atoms with E-state index in [1.807, 2.05) is 0 Å². The number of benzene rings is 2. The second-order valence-corrected chi connectivity index (χ2v) is 6.01. The van der Waals surface area contributed by atoms with E-state index in [-0.39, 0.29) is 21.9 Å². The highest BCUT2D eigenvalue weighted by Gasteiger charge is 2.16. The molecule has 2 aromatic carbocycles. The Morgan fingerprint density at radius 2 is 2.00 bits per heavy atom. The zero-order valence-electron chi connectivity index (χ0n) is 11.4. The molecule has 116 valence electrons. The maximum absolute atomic E-state index is 13.8. The third-order valence-corrected chi connectivity index (χ3v) is 3.93. The summed E-state index contributed by atoms with van der Waals surface area (Å²) in [6.45, 7) is 0. The lowest BCUT2D eigenvalue weighted by Crippen LogP contribution is -2.21. The summed E-state index contributed by atoms with van der Waals surface area (Å²) in [5.74, 6) is -1.39. The molecule has 0 spiro atoms. The maximum atomic E-state index is 13.8. The van der Waals surface area contributed by atoms with Crippen LogP contribution in [0.5, 0.6) is 0 Å². The van der Waals surface area contributed by atoms with Crippen LogP contribution >= 0.6 is 27.5 Å². The van der Waals surface area contributed by atoms with Gasteiger partial charge in [-0.3, -0.25) is 4.79 Å². The van der Waals surface area contributed by atoms with Gasteiger partial charge in [-0.05, 0) is 30.3 Å². The lowest BCUT2D eigenvalue weighted by molar-refractivity contribution is 0.102.